The Morgan fingerprint density at radius 1 is 0.909 bits per heavy atom. The first-order valence-electron chi connectivity index (χ1n) is 8.02. The summed E-state index contributed by atoms with van der Waals surface area (Å²) in [5.41, 5.74) is 3.21. The lowest BCUT2D eigenvalue weighted by molar-refractivity contribution is 0.139. The minimum Gasteiger partial charge on any atom is -0.377 e. The smallest absolute Gasteiger partial charge is 0.134 e. The van der Waals surface area contributed by atoms with Gasteiger partial charge in [0, 0.05) is 6.54 Å². The number of nitrogens with zero attached hydrogens (tertiary/aromatic N) is 1. The molecule has 0 heterocycles. The Bertz CT molecular complexity index is 640. The van der Waals surface area contributed by atoms with Crippen LogP contribution in [0.4, 0.5) is 0 Å². The number of likely N-dealkylation sites (N-methyl/N-ethyl adjacent to an activating group) is 1. The van der Waals surface area contributed by atoms with Crippen LogP contribution in [0.15, 0.2) is 60.7 Å². The van der Waals surface area contributed by atoms with Gasteiger partial charge in [0.05, 0.1) is 0 Å². The summed E-state index contributed by atoms with van der Waals surface area (Å²) in [7, 11) is 0. The molecule has 0 atom stereocenters. The molecule has 0 saturated carbocycles. The van der Waals surface area contributed by atoms with Crippen molar-refractivity contribution < 1.29 is 5.11 Å². The first-order chi connectivity index (χ1) is 10.7. The van der Waals surface area contributed by atoms with E-state index in [0.717, 1.165) is 41.9 Å². The Balaban J connectivity index is 2.00. The molecule has 2 heteroatoms. The first kappa shape index (κ1) is 15.0. The second kappa shape index (κ2) is 6.07. The zero-order valence-electron chi connectivity index (χ0n) is 13.3. The molecule has 22 heavy (non-hydrogen) atoms. The molecule has 0 amide bonds. The topological polar surface area (TPSA) is 23.5 Å². The van der Waals surface area contributed by atoms with E-state index >= 15 is 0 Å². The van der Waals surface area contributed by atoms with Crippen molar-refractivity contribution in [2.75, 3.05) is 19.6 Å². The fourth-order valence-electron chi connectivity index (χ4n) is 3.28. The molecular formula is C20H23NO. The van der Waals surface area contributed by atoms with E-state index < -0.39 is 5.60 Å². The molecule has 0 aromatic heterocycles. The minimum atomic E-state index is -1.01. The summed E-state index contributed by atoms with van der Waals surface area (Å²) in [5, 5.41) is 11.3. The average molecular weight is 293 g/mol. The van der Waals surface area contributed by atoms with Crippen molar-refractivity contribution >= 4 is 0 Å². The molecule has 2 nitrogen and oxygen atoms in total. The van der Waals surface area contributed by atoms with Gasteiger partial charge in [-0.1, -0.05) is 68.5 Å². The second-order valence-electron chi connectivity index (χ2n) is 5.75. The maximum absolute atomic E-state index is 11.3. The fourth-order valence-corrected chi connectivity index (χ4v) is 3.28. The zero-order valence-corrected chi connectivity index (χ0v) is 13.3. The molecule has 3 rings (SSSR count). The van der Waals surface area contributed by atoms with Gasteiger partial charge in [0.15, 0.2) is 0 Å². The van der Waals surface area contributed by atoms with Gasteiger partial charge in [0.25, 0.3) is 0 Å². The van der Waals surface area contributed by atoms with E-state index in [-0.39, 0.29) is 0 Å². The van der Waals surface area contributed by atoms with Gasteiger partial charge in [-0.05, 0) is 41.4 Å². The molecule has 1 aliphatic rings. The molecule has 114 valence electrons. The maximum Gasteiger partial charge on any atom is 0.134 e. The van der Waals surface area contributed by atoms with Gasteiger partial charge in [-0.3, -0.25) is 0 Å². The zero-order chi connectivity index (χ0) is 15.6. The molecule has 0 saturated heterocycles. The van der Waals surface area contributed by atoms with Crippen molar-refractivity contribution in [1.29, 1.82) is 0 Å². The third-order valence-corrected chi connectivity index (χ3v) is 4.58. The van der Waals surface area contributed by atoms with E-state index in [2.05, 4.69) is 37.0 Å². The summed E-state index contributed by atoms with van der Waals surface area (Å²) in [6.07, 6.45) is 4.04. The Hall–Kier alpha value is -1.90. The van der Waals surface area contributed by atoms with E-state index in [1.165, 1.54) is 0 Å². The summed E-state index contributed by atoms with van der Waals surface area (Å²) in [6, 6.07) is 16.3. The van der Waals surface area contributed by atoms with Crippen LogP contribution in [0.2, 0.25) is 0 Å². The van der Waals surface area contributed by atoms with Crippen LogP contribution in [0.5, 0.6) is 0 Å². The van der Waals surface area contributed by atoms with Crippen molar-refractivity contribution in [3.05, 3.63) is 71.8 Å². The van der Waals surface area contributed by atoms with Crippen LogP contribution in [0.1, 0.15) is 25.0 Å². The first-order valence-corrected chi connectivity index (χ1v) is 8.02. The highest BCUT2D eigenvalue weighted by Gasteiger charge is 2.38. The van der Waals surface area contributed by atoms with E-state index in [4.69, 9.17) is 0 Å². The van der Waals surface area contributed by atoms with E-state index in [1.807, 2.05) is 42.5 Å². The SMILES string of the molecule is CCN(CC)C/C=C/C1(O)c2ccccc2-c2ccccc21. The molecule has 0 radical (unpaired) electrons. The van der Waals surface area contributed by atoms with Crippen LogP contribution < -0.4 is 0 Å². The van der Waals surface area contributed by atoms with Crippen LogP contribution in [-0.4, -0.2) is 29.6 Å². The van der Waals surface area contributed by atoms with Gasteiger partial charge < -0.3 is 10.0 Å². The highest BCUT2D eigenvalue weighted by atomic mass is 16.3. The summed E-state index contributed by atoms with van der Waals surface area (Å²) >= 11 is 0. The Morgan fingerprint density at radius 2 is 1.41 bits per heavy atom. The summed E-state index contributed by atoms with van der Waals surface area (Å²) in [5.74, 6) is 0. The van der Waals surface area contributed by atoms with Gasteiger partial charge in [-0.15, -0.1) is 0 Å². The molecule has 2 aromatic rings. The minimum absolute atomic E-state index is 0.861. The Morgan fingerprint density at radius 3 is 1.91 bits per heavy atom. The highest BCUT2D eigenvalue weighted by molar-refractivity contribution is 5.81. The monoisotopic (exact) mass is 293 g/mol. The predicted octanol–water partition coefficient (Wildman–Crippen LogP) is 3.80. The largest absolute Gasteiger partial charge is 0.377 e. The van der Waals surface area contributed by atoms with Crippen molar-refractivity contribution in [1.82, 2.24) is 4.90 Å². The normalized spacial score (nSPS) is 15.3. The molecule has 1 aliphatic carbocycles. The van der Waals surface area contributed by atoms with Crippen LogP contribution in [0, 0.1) is 0 Å². The third-order valence-electron chi connectivity index (χ3n) is 4.58. The third kappa shape index (κ3) is 2.39. The molecule has 2 aromatic carbocycles. The second-order valence-corrected chi connectivity index (χ2v) is 5.75. The number of fused-ring (bicyclic) bond motifs is 3. The van der Waals surface area contributed by atoms with E-state index in [9.17, 15) is 5.11 Å². The molecular weight excluding hydrogens is 270 g/mol. The number of rotatable bonds is 5. The number of benzene rings is 2. The van der Waals surface area contributed by atoms with Crippen LogP contribution in [-0.2, 0) is 5.60 Å². The van der Waals surface area contributed by atoms with Crippen molar-refractivity contribution in [3.8, 4) is 11.1 Å². The lowest BCUT2D eigenvalue weighted by atomic mass is 9.91. The van der Waals surface area contributed by atoms with Gasteiger partial charge in [0.1, 0.15) is 5.60 Å². The van der Waals surface area contributed by atoms with Gasteiger partial charge in [-0.2, -0.15) is 0 Å². The standard InChI is InChI=1S/C20H23NO/c1-3-21(4-2)15-9-14-20(22)18-12-7-5-10-16(18)17-11-6-8-13-19(17)20/h5-14,22H,3-4,15H2,1-2H3/b14-9+. The molecule has 0 fully saturated rings. The van der Waals surface area contributed by atoms with E-state index in [0.29, 0.717) is 0 Å². The van der Waals surface area contributed by atoms with Gasteiger partial charge in [-0.25, -0.2) is 0 Å². The van der Waals surface area contributed by atoms with Crippen LogP contribution in [0.3, 0.4) is 0 Å². The summed E-state index contributed by atoms with van der Waals surface area (Å²) in [4.78, 5) is 2.33. The molecule has 0 aliphatic heterocycles. The van der Waals surface area contributed by atoms with Crippen LogP contribution >= 0.6 is 0 Å². The highest BCUT2D eigenvalue weighted by Crippen LogP contribution is 2.47. The Kier molecular flexibility index (Phi) is 4.14. The van der Waals surface area contributed by atoms with E-state index in [1.54, 1.807) is 0 Å². The summed E-state index contributed by atoms with van der Waals surface area (Å²) in [6.45, 7) is 7.22. The van der Waals surface area contributed by atoms with Crippen molar-refractivity contribution in [2.24, 2.45) is 0 Å². The number of hydrogen-bond donors (Lipinski definition) is 1. The lowest BCUT2D eigenvalue weighted by Gasteiger charge is -2.23. The fraction of sp³-hybridized carbons (Fsp3) is 0.300. The predicted molar refractivity (Wildman–Crippen MR) is 91.8 cm³/mol. The van der Waals surface area contributed by atoms with Gasteiger partial charge in [0.2, 0.25) is 0 Å². The maximum atomic E-state index is 11.3. The molecule has 0 spiro atoms. The summed E-state index contributed by atoms with van der Waals surface area (Å²) < 4.78 is 0. The quantitative estimate of drug-likeness (QED) is 0.848. The van der Waals surface area contributed by atoms with Crippen molar-refractivity contribution in [2.45, 2.75) is 19.4 Å². The van der Waals surface area contributed by atoms with Crippen molar-refractivity contribution in [3.63, 3.8) is 0 Å². The number of aliphatic hydroxyl groups is 1. The molecule has 0 unspecified atom stereocenters. The Labute approximate surface area is 132 Å². The lowest BCUT2D eigenvalue weighted by Crippen LogP contribution is -2.25. The number of hydrogen-bond acceptors (Lipinski definition) is 2. The average Bonchev–Trinajstić information content (AvgIpc) is 2.82. The van der Waals surface area contributed by atoms with Gasteiger partial charge >= 0.3 is 0 Å². The molecule has 1 N–H and O–H groups in total. The molecule has 0 bridgehead atoms. The van der Waals surface area contributed by atoms with Crippen LogP contribution in [0.25, 0.3) is 11.1 Å².